The third-order valence-electron chi connectivity index (χ3n) is 1.82. The molecular formula is C9H16FN3O. The molecule has 5 heteroatoms. The molecule has 0 spiro atoms. The minimum Gasteiger partial charge on any atom is -0.341 e. The van der Waals surface area contributed by atoms with Gasteiger partial charge in [0.25, 0.3) is 11.8 Å². The summed E-state index contributed by atoms with van der Waals surface area (Å²) in [6.45, 7) is 5.66. The lowest BCUT2D eigenvalue weighted by molar-refractivity contribution is 0.155. The first kappa shape index (κ1) is 10.9. The highest BCUT2D eigenvalue weighted by atomic mass is 19.1. The van der Waals surface area contributed by atoms with Gasteiger partial charge in [0.05, 0.1) is 0 Å². The molecule has 0 aliphatic heterocycles. The first-order chi connectivity index (χ1) is 6.45. The summed E-state index contributed by atoms with van der Waals surface area (Å²) in [5.74, 6) is 0.461. The van der Waals surface area contributed by atoms with Crippen LogP contribution in [-0.2, 0) is 5.67 Å². The Kier molecular flexibility index (Phi) is 3.08. The number of rotatable bonds is 4. The van der Waals surface area contributed by atoms with Crippen LogP contribution < -0.4 is 4.90 Å². The number of alkyl halides is 1. The third kappa shape index (κ3) is 2.43. The van der Waals surface area contributed by atoms with Gasteiger partial charge in [-0.05, 0) is 25.4 Å². The van der Waals surface area contributed by atoms with Gasteiger partial charge in [0.1, 0.15) is 0 Å². The normalized spacial score (nSPS) is 11.8. The average Bonchev–Trinajstić information content (AvgIpc) is 2.51. The quantitative estimate of drug-likeness (QED) is 0.748. The minimum atomic E-state index is -1.57. The maximum absolute atomic E-state index is 13.4. The van der Waals surface area contributed by atoms with Gasteiger partial charge in [-0.2, -0.15) is 4.98 Å². The van der Waals surface area contributed by atoms with Gasteiger partial charge in [-0.25, -0.2) is 4.39 Å². The Morgan fingerprint density at radius 1 is 1.50 bits per heavy atom. The van der Waals surface area contributed by atoms with Crippen LogP contribution in [0.5, 0.6) is 0 Å². The summed E-state index contributed by atoms with van der Waals surface area (Å²) in [7, 11) is 1.85. The molecule has 1 rings (SSSR count). The summed E-state index contributed by atoms with van der Waals surface area (Å²) >= 11 is 0. The van der Waals surface area contributed by atoms with E-state index in [0.29, 0.717) is 5.95 Å². The molecule has 0 saturated heterocycles. The summed E-state index contributed by atoms with van der Waals surface area (Å²) in [5.41, 5.74) is -1.57. The molecule has 1 aromatic heterocycles. The topological polar surface area (TPSA) is 42.2 Å². The molecule has 80 valence electrons. The van der Waals surface area contributed by atoms with Crippen LogP contribution >= 0.6 is 0 Å². The molecule has 0 fully saturated rings. The van der Waals surface area contributed by atoms with Gasteiger partial charge in [-0.1, -0.05) is 6.92 Å². The molecule has 0 aromatic carbocycles. The smallest absolute Gasteiger partial charge is 0.265 e. The molecule has 0 radical (unpaired) electrons. The van der Waals surface area contributed by atoms with Crippen molar-refractivity contribution in [3.63, 3.8) is 0 Å². The van der Waals surface area contributed by atoms with Crippen molar-refractivity contribution in [2.45, 2.75) is 32.9 Å². The fraction of sp³-hybridized carbons (Fsp3) is 0.778. The van der Waals surface area contributed by atoms with Gasteiger partial charge in [-0.15, -0.1) is 0 Å². The first-order valence-corrected chi connectivity index (χ1v) is 4.69. The monoisotopic (exact) mass is 201 g/mol. The Morgan fingerprint density at radius 3 is 2.57 bits per heavy atom. The van der Waals surface area contributed by atoms with Crippen molar-refractivity contribution in [2.24, 2.45) is 0 Å². The van der Waals surface area contributed by atoms with Crippen molar-refractivity contribution in [2.75, 3.05) is 18.5 Å². The Bertz CT molecular complexity index is 292. The van der Waals surface area contributed by atoms with E-state index in [1.165, 1.54) is 13.8 Å². The molecule has 0 saturated carbocycles. The Labute approximate surface area is 83.1 Å². The molecule has 0 aliphatic rings. The highest BCUT2D eigenvalue weighted by Crippen LogP contribution is 2.23. The van der Waals surface area contributed by atoms with Crippen molar-refractivity contribution in [3.8, 4) is 0 Å². The van der Waals surface area contributed by atoms with Gasteiger partial charge in [0, 0.05) is 13.6 Å². The van der Waals surface area contributed by atoms with Crippen molar-refractivity contribution in [1.29, 1.82) is 0 Å². The first-order valence-electron chi connectivity index (χ1n) is 4.69. The molecule has 0 aliphatic carbocycles. The van der Waals surface area contributed by atoms with E-state index < -0.39 is 5.67 Å². The van der Waals surface area contributed by atoms with Gasteiger partial charge < -0.3 is 9.42 Å². The molecule has 4 nitrogen and oxygen atoms in total. The Balaban J connectivity index is 2.78. The lowest BCUT2D eigenvalue weighted by Crippen LogP contribution is -2.19. The van der Waals surface area contributed by atoms with E-state index in [-0.39, 0.29) is 5.89 Å². The number of nitrogens with zero attached hydrogens (tertiary/aromatic N) is 3. The third-order valence-corrected chi connectivity index (χ3v) is 1.82. The summed E-state index contributed by atoms with van der Waals surface area (Å²) < 4.78 is 18.2. The number of anilines is 1. The van der Waals surface area contributed by atoms with E-state index in [2.05, 4.69) is 17.1 Å². The number of hydrogen-bond donors (Lipinski definition) is 0. The fourth-order valence-corrected chi connectivity index (χ4v) is 1.05. The predicted molar refractivity (Wildman–Crippen MR) is 52.0 cm³/mol. The second-order valence-corrected chi connectivity index (χ2v) is 3.79. The van der Waals surface area contributed by atoms with Crippen molar-refractivity contribution in [3.05, 3.63) is 5.89 Å². The zero-order chi connectivity index (χ0) is 10.8. The van der Waals surface area contributed by atoms with Gasteiger partial charge >= 0.3 is 0 Å². The maximum atomic E-state index is 13.4. The van der Waals surface area contributed by atoms with Crippen molar-refractivity contribution < 1.29 is 8.91 Å². The Morgan fingerprint density at radius 2 is 2.14 bits per heavy atom. The van der Waals surface area contributed by atoms with Crippen LogP contribution in [0.25, 0.3) is 0 Å². The van der Waals surface area contributed by atoms with Gasteiger partial charge in [-0.3, -0.25) is 0 Å². The zero-order valence-corrected chi connectivity index (χ0v) is 9.04. The van der Waals surface area contributed by atoms with Crippen LogP contribution in [0.4, 0.5) is 10.3 Å². The predicted octanol–water partition coefficient (Wildman–Crippen LogP) is 2.12. The average molecular weight is 201 g/mol. The summed E-state index contributed by atoms with van der Waals surface area (Å²) in [6, 6.07) is 0. The minimum absolute atomic E-state index is 0.0236. The SMILES string of the molecule is CCCN(C)c1noc(C(C)(C)F)n1. The number of hydrogen-bond acceptors (Lipinski definition) is 4. The van der Waals surface area contributed by atoms with E-state index in [0.717, 1.165) is 13.0 Å². The van der Waals surface area contributed by atoms with Crippen LogP contribution in [-0.4, -0.2) is 23.7 Å². The molecular weight excluding hydrogens is 185 g/mol. The second kappa shape index (κ2) is 3.94. The van der Waals surface area contributed by atoms with Crippen LogP contribution in [0.2, 0.25) is 0 Å². The summed E-state index contributed by atoms with van der Waals surface area (Å²) in [5, 5.41) is 3.70. The lowest BCUT2D eigenvalue weighted by Gasteiger charge is -2.11. The molecule has 0 atom stereocenters. The summed E-state index contributed by atoms with van der Waals surface area (Å²) in [4.78, 5) is 5.81. The molecule has 0 unspecified atom stereocenters. The summed E-state index contributed by atoms with van der Waals surface area (Å²) in [6.07, 6.45) is 0.986. The molecule has 14 heavy (non-hydrogen) atoms. The van der Waals surface area contributed by atoms with E-state index in [4.69, 9.17) is 4.52 Å². The zero-order valence-electron chi connectivity index (χ0n) is 9.04. The highest BCUT2D eigenvalue weighted by Gasteiger charge is 2.27. The van der Waals surface area contributed by atoms with Crippen LogP contribution in [0.15, 0.2) is 4.52 Å². The number of halogens is 1. The van der Waals surface area contributed by atoms with E-state index >= 15 is 0 Å². The van der Waals surface area contributed by atoms with Crippen LogP contribution in [0.3, 0.4) is 0 Å². The maximum Gasteiger partial charge on any atom is 0.265 e. The molecule has 0 N–H and O–H groups in total. The highest BCUT2D eigenvalue weighted by molar-refractivity contribution is 5.26. The fourth-order valence-electron chi connectivity index (χ4n) is 1.05. The van der Waals surface area contributed by atoms with E-state index in [9.17, 15) is 4.39 Å². The van der Waals surface area contributed by atoms with Crippen LogP contribution in [0, 0.1) is 0 Å². The molecule has 1 heterocycles. The molecule has 0 bridgehead atoms. The van der Waals surface area contributed by atoms with Crippen molar-refractivity contribution >= 4 is 5.95 Å². The number of aromatic nitrogens is 2. The molecule has 1 aromatic rings. The van der Waals surface area contributed by atoms with E-state index in [1.54, 1.807) is 0 Å². The lowest BCUT2D eigenvalue weighted by atomic mass is 10.2. The standard InChI is InChI=1S/C9H16FN3O/c1-5-6-13(4)8-11-7(14-12-8)9(2,3)10/h5-6H2,1-4H3. The molecule has 0 amide bonds. The van der Waals surface area contributed by atoms with Gasteiger partial charge in [0.2, 0.25) is 0 Å². The van der Waals surface area contributed by atoms with Crippen LogP contribution in [0.1, 0.15) is 33.1 Å². The second-order valence-electron chi connectivity index (χ2n) is 3.79. The Hall–Kier alpha value is -1.13. The van der Waals surface area contributed by atoms with E-state index in [1.807, 2.05) is 11.9 Å². The largest absolute Gasteiger partial charge is 0.341 e. The van der Waals surface area contributed by atoms with Gasteiger partial charge in [0.15, 0.2) is 5.67 Å². The van der Waals surface area contributed by atoms with Crippen molar-refractivity contribution in [1.82, 2.24) is 10.1 Å².